The molecule has 0 aliphatic heterocycles. The summed E-state index contributed by atoms with van der Waals surface area (Å²) in [5.74, 6) is 0.0204. The van der Waals surface area contributed by atoms with Gasteiger partial charge in [0.1, 0.15) is 5.75 Å². The van der Waals surface area contributed by atoms with Gasteiger partial charge in [0.2, 0.25) is 0 Å². The molecule has 1 aromatic carbocycles. The number of hydrogen-bond acceptors (Lipinski definition) is 5. The number of phenols is 1. The number of aliphatic imine (C=N–C) groups is 1. The zero-order chi connectivity index (χ0) is 33.1. The van der Waals surface area contributed by atoms with E-state index in [0.29, 0.717) is 24.0 Å². The van der Waals surface area contributed by atoms with E-state index in [0.717, 1.165) is 29.4 Å². The molecule has 1 aromatic rings. The summed E-state index contributed by atoms with van der Waals surface area (Å²) in [5, 5.41) is 22.0. The van der Waals surface area contributed by atoms with E-state index in [1.807, 2.05) is 6.92 Å². The van der Waals surface area contributed by atoms with E-state index in [4.69, 9.17) is 5.73 Å². The summed E-state index contributed by atoms with van der Waals surface area (Å²) in [6, 6.07) is 6.85. The highest BCUT2D eigenvalue weighted by atomic mass is 16.3. The standard InChI is InChI=1S/C25H32N4O2.C7H14.C6H12/c1-4-6-8-18(7-5-2)17(3)28-16-21(15-27)25(31)29-22-11-20(12-22)24-13-23(30)10-9-19(24)14-26;1-3-7(4-2)5-6-7;1-4-5-6(2)3/h6-10,13,15-17,20,22,30H,4-5,11-12,27H2,1-3H3,(H,29,31);3-6H2,1-2H3;2,4-5H2,1,3H3/b8-6+,18-7+,21-15+,28-16?;;. The van der Waals surface area contributed by atoms with E-state index in [2.05, 4.69) is 82.7 Å². The number of nitrogens with two attached hydrogens (primary N) is 1. The van der Waals surface area contributed by atoms with Gasteiger partial charge in [0.15, 0.2) is 0 Å². The van der Waals surface area contributed by atoms with Gasteiger partial charge in [-0.15, -0.1) is 6.58 Å². The fourth-order valence-electron chi connectivity index (χ4n) is 5.13. The molecule has 2 aliphatic rings. The second-order valence-corrected chi connectivity index (χ2v) is 12.1. The lowest BCUT2D eigenvalue weighted by Crippen LogP contribution is -2.44. The fourth-order valence-corrected chi connectivity index (χ4v) is 5.13. The van der Waals surface area contributed by atoms with Crippen molar-refractivity contribution in [2.24, 2.45) is 16.1 Å². The number of carbonyl (C=O) groups is 1. The number of rotatable bonds is 13. The molecule has 0 aromatic heterocycles. The molecule has 6 nitrogen and oxygen atoms in total. The summed E-state index contributed by atoms with van der Waals surface area (Å²) in [7, 11) is 0. The topological polar surface area (TPSA) is 112 Å². The summed E-state index contributed by atoms with van der Waals surface area (Å²) in [5.41, 5.74) is 10.6. The van der Waals surface area contributed by atoms with Crippen LogP contribution in [0.1, 0.15) is 130 Å². The molecule has 2 aliphatic carbocycles. The normalized spacial score (nSPS) is 19.5. The minimum Gasteiger partial charge on any atom is -0.508 e. The van der Waals surface area contributed by atoms with Crippen LogP contribution in [0.4, 0.5) is 0 Å². The van der Waals surface area contributed by atoms with Gasteiger partial charge in [-0.3, -0.25) is 9.79 Å². The van der Waals surface area contributed by atoms with Gasteiger partial charge >= 0.3 is 0 Å². The number of phenolic OH excluding ortho intramolecular Hbond substituents is 1. The summed E-state index contributed by atoms with van der Waals surface area (Å²) in [4.78, 5) is 17.1. The first-order valence-electron chi connectivity index (χ1n) is 16.5. The predicted octanol–water partition coefficient (Wildman–Crippen LogP) is 9.18. The summed E-state index contributed by atoms with van der Waals surface area (Å²) >= 11 is 0. The molecular formula is C38H58N4O2. The molecule has 6 heteroatoms. The van der Waals surface area contributed by atoms with E-state index in [1.165, 1.54) is 62.6 Å². The highest BCUT2D eigenvalue weighted by Gasteiger charge is 2.38. The van der Waals surface area contributed by atoms with Crippen LogP contribution in [-0.4, -0.2) is 29.3 Å². The summed E-state index contributed by atoms with van der Waals surface area (Å²) in [6.07, 6.45) is 20.6. The lowest BCUT2D eigenvalue weighted by molar-refractivity contribution is -0.118. The first-order chi connectivity index (χ1) is 21.0. The molecule has 242 valence electrons. The number of aromatic hydroxyl groups is 1. The zero-order valence-electron chi connectivity index (χ0n) is 28.5. The van der Waals surface area contributed by atoms with Gasteiger partial charge in [-0.1, -0.05) is 77.7 Å². The molecule has 3 rings (SSSR count). The van der Waals surface area contributed by atoms with Crippen molar-refractivity contribution in [1.29, 1.82) is 5.26 Å². The number of allylic oxidation sites excluding steroid dienone is 3. The Morgan fingerprint density at radius 2 is 1.86 bits per heavy atom. The Morgan fingerprint density at radius 3 is 2.30 bits per heavy atom. The van der Waals surface area contributed by atoms with Crippen molar-refractivity contribution in [1.82, 2.24) is 5.32 Å². The smallest absolute Gasteiger partial charge is 0.254 e. The number of carbonyl (C=O) groups excluding carboxylic acids is 1. The number of benzene rings is 1. The Morgan fingerprint density at radius 1 is 1.20 bits per heavy atom. The minimum absolute atomic E-state index is 0.00444. The van der Waals surface area contributed by atoms with Crippen molar-refractivity contribution >= 4 is 12.1 Å². The first-order valence-corrected chi connectivity index (χ1v) is 16.5. The van der Waals surface area contributed by atoms with Crippen LogP contribution in [0.3, 0.4) is 0 Å². The summed E-state index contributed by atoms with van der Waals surface area (Å²) < 4.78 is 0. The largest absolute Gasteiger partial charge is 0.508 e. The molecule has 4 N–H and O–H groups in total. The van der Waals surface area contributed by atoms with Gasteiger partial charge in [-0.05, 0) is 99.5 Å². The van der Waals surface area contributed by atoms with E-state index in [-0.39, 0.29) is 29.7 Å². The molecule has 0 radical (unpaired) electrons. The van der Waals surface area contributed by atoms with Crippen molar-refractivity contribution in [2.45, 2.75) is 131 Å². The number of nitrogens with one attached hydrogen (secondary N) is 1. The zero-order valence-corrected chi connectivity index (χ0v) is 28.5. The van der Waals surface area contributed by atoms with Crippen molar-refractivity contribution < 1.29 is 9.90 Å². The van der Waals surface area contributed by atoms with Crippen LogP contribution in [0.15, 0.2) is 70.9 Å². The first kappa shape index (κ1) is 38.4. The van der Waals surface area contributed by atoms with Crippen LogP contribution >= 0.6 is 0 Å². The van der Waals surface area contributed by atoms with Crippen LogP contribution in [0.5, 0.6) is 5.75 Å². The Hall–Kier alpha value is -3.59. The highest BCUT2D eigenvalue weighted by molar-refractivity contribution is 6.12. The maximum atomic E-state index is 12.6. The minimum atomic E-state index is -0.261. The van der Waals surface area contributed by atoms with Crippen LogP contribution < -0.4 is 11.1 Å². The van der Waals surface area contributed by atoms with Crippen LogP contribution in [0.2, 0.25) is 0 Å². The average Bonchev–Trinajstić information content (AvgIpc) is 3.78. The molecule has 2 fully saturated rings. The number of amides is 1. The molecule has 44 heavy (non-hydrogen) atoms. The number of nitrogens with zero attached hydrogens (tertiary/aromatic N) is 2. The molecule has 0 spiro atoms. The Labute approximate surface area is 267 Å². The van der Waals surface area contributed by atoms with Gasteiger partial charge in [0.05, 0.1) is 23.2 Å². The highest BCUT2D eigenvalue weighted by Crippen LogP contribution is 2.51. The monoisotopic (exact) mass is 602 g/mol. The Balaban J connectivity index is 0.000000612. The third-order valence-electron chi connectivity index (χ3n) is 8.55. The van der Waals surface area contributed by atoms with Gasteiger partial charge in [0.25, 0.3) is 5.91 Å². The predicted molar refractivity (Wildman–Crippen MR) is 187 cm³/mol. The maximum Gasteiger partial charge on any atom is 0.254 e. The van der Waals surface area contributed by atoms with E-state index in [9.17, 15) is 15.2 Å². The van der Waals surface area contributed by atoms with Gasteiger partial charge in [-0.25, -0.2) is 0 Å². The van der Waals surface area contributed by atoms with Crippen molar-refractivity contribution in [3.8, 4) is 11.8 Å². The molecule has 1 unspecified atom stereocenters. The fraction of sp³-hybridized carbons (Fsp3) is 0.553. The van der Waals surface area contributed by atoms with Gasteiger partial charge < -0.3 is 16.2 Å². The molecule has 0 heterocycles. The van der Waals surface area contributed by atoms with E-state index in [1.54, 1.807) is 12.1 Å². The third kappa shape index (κ3) is 13.4. The number of hydrogen-bond donors (Lipinski definition) is 3. The second-order valence-electron chi connectivity index (χ2n) is 12.1. The van der Waals surface area contributed by atoms with Gasteiger partial charge in [-0.2, -0.15) is 5.26 Å². The van der Waals surface area contributed by atoms with Crippen LogP contribution in [-0.2, 0) is 4.79 Å². The van der Waals surface area contributed by atoms with Gasteiger partial charge in [0, 0.05) is 18.5 Å². The second kappa shape index (κ2) is 20.4. The molecule has 0 bridgehead atoms. The molecular weight excluding hydrogens is 544 g/mol. The maximum absolute atomic E-state index is 12.6. The molecule has 0 saturated heterocycles. The lowest BCUT2D eigenvalue weighted by atomic mass is 9.74. The van der Waals surface area contributed by atoms with Crippen molar-refractivity contribution in [3.63, 3.8) is 0 Å². The van der Waals surface area contributed by atoms with E-state index < -0.39 is 0 Å². The summed E-state index contributed by atoms with van der Waals surface area (Å²) in [6.45, 7) is 18.7. The van der Waals surface area contributed by atoms with Crippen LogP contribution in [0, 0.1) is 16.7 Å². The molecule has 1 amide bonds. The lowest BCUT2D eigenvalue weighted by Gasteiger charge is -2.36. The quantitative estimate of drug-likeness (QED) is 0.0904. The number of nitriles is 1. The average molecular weight is 603 g/mol. The third-order valence-corrected chi connectivity index (χ3v) is 8.55. The van der Waals surface area contributed by atoms with Crippen LogP contribution in [0.25, 0.3) is 0 Å². The Kier molecular flexibility index (Phi) is 17.8. The SMILES string of the molecule is C=C(C)CCC.CC/C=C/C(=C\CC)C(C)N=C/C(=C\N)C(=O)NC1CC(c2cc(O)ccc2C#N)C1.CCC1(CC)CC1. The molecule has 1 atom stereocenters. The Bertz CT molecular complexity index is 1200. The molecule has 2 saturated carbocycles. The van der Waals surface area contributed by atoms with E-state index >= 15 is 0 Å². The van der Waals surface area contributed by atoms with Crippen molar-refractivity contribution in [2.75, 3.05) is 0 Å². The van der Waals surface area contributed by atoms with Crippen molar-refractivity contribution in [3.05, 3.63) is 77.1 Å².